The summed E-state index contributed by atoms with van der Waals surface area (Å²) in [7, 11) is 0. The zero-order valence-electron chi connectivity index (χ0n) is 13.3. The Morgan fingerprint density at radius 2 is 1.83 bits per heavy atom. The van der Waals surface area contributed by atoms with Crippen LogP contribution in [0.2, 0.25) is 0 Å². The molecule has 0 N–H and O–H groups in total. The van der Waals surface area contributed by atoms with E-state index >= 15 is 0 Å². The summed E-state index contributed by atoms with van der Waals surface area (Å²) < 4.78 is 44.5. The molecule has 1 aromatic rings. The second-order valence-electron chi connectivity index (χ2n) is 6.09. The molecule has 2 aliphatic rings. The van der Waals surface area contributed by atoms with Gasteiger partial charge in [-0.1, -0.05) is 0 Å². The van der Waals surface area contributed by atoms with E-state index in [2.05, 4.69) is 9.88 Å². The number of halogens is 3. The average Bonchev–Trinajstić information content (AvgIpc) is 2.61. The van der Waals surface area contributed by atoms with Crippen molar-refractivity contribution in [2.24, 2.45) is 0 Å². The molecule has 2 fully saturated rings. The number of ether oxygens (including phenoxy) is 1. The summed E-state index contributed by atoms with van der Waals surface area (Å²) in [6.07, 6.45) is -0.555. The topological polar surface area (TPSA) is 45.7 Å². The molecule has 0 radical (unpaired) electrons. The minimum Gasteiger partial charge on any atom is -0.381 e. The first-order chi connectivity index (χ1) is 11.5. The number of carbonyl (C=O) groups is 1. The maximum absolute atomic E-state index is 13.1. The fourth-order valence-electron chi connectivity index (χ4n) is 3.32. The molecule has 1 aromatic heterocycles. The lowest BCUT2D eigenvalue weighted by Gasteiger charge is -2.40. The Kier molecular flexibility index (Phi) is 5.05. The van der Waals surface area contributed by atoms with Gasteiger partial charge >= 0.3 is 6.18 Å². The van der Waals surface area contributed by atoms with Gasteiger partial charge < -0.3 is 9.64 Å². The van der Waals surface area contributed by atoms with Gasteiger partial charge in [-0.3, -0.25) is 14.7 Å². The number of aromatic nitrogens is 1. The SMILES string of the molecule is O=C(c1cnccc1C(F)(F)F)N1CCN(C2CCOCC2)CC1. The Hall–Kier alpha value is -1.67. The van der Waals surface area contributed by atoms with Crippen LogP contribution in [-0.4, -0.2) is 66.1 Å². The first-order valence-electron chi connectivity index (χ1n) is 8.09. The fraction of sp³-hybridized carbons (Fsp3) is 0.625. The number of hydrogen-bond acceptors (Lipinski definition) is 4. The Balaban J connectivity index is 1.65. The number of amides is 1. The van der Waals surface area contributed by atoms with E-state index in [-0.39, 0.29) is 5.56 Å². The molecule has 132 valence electrons. The number of hydrogen-bond donors (Lipinski definition) is 0. The van der Waals surface area contributed by atoms with E-state index < -0.39 is 17.6 Å². The Labute approximate surface area is 138 Å². The first-order valence-corrected chi connectivity index (χ1v) is 8.09. The molecule has 1 amide bonds. The van der Waals surface area contributed by atoms with Crippen molar-refractivity contribution in [2.45, 2.75) is 25.1 Å². The molecule has 0 saturated carbocycles. The molecule has 3 heterocycles. The molecule has 0 aromatic carbocycles. The molecule has 0 atom stereocenters. The Bertz CT molecular complexity index is 580. The van der Waals surface area contributed by atoms with E-state index in [9.17, 15) is 18.0 Å². The van der Waals surface area contributed by atoms with Gasteiger partial charge in [0.05, 0.1) is 11.1 Å². The lowest BCUT2D eigenvalue weighted by molar-refractivity contribution is -0.138. The Morgan fingerprint density at radius 1 is 1.17 bits per heavy atom. The minimum atomic E-state index is -4.56. The van der Waals surface area contributed by atoms with Crippen molar-refractivity contribution in [1.82, 2.24) is 14.8 Å². The van der Waals surface area contributed by atoms with Gasteiger partial charge in [-0.2, -0.15) is 13.2 Å². The number of piperazine rings is 1. The second kappa shape index (κ2) is 7.06. The highest BCUT2D eigenvalue weighted by Gasteiger charge is 2.37. The fourth-order valence-corrected chi connectivity index (χ4v) is 3.32. The zero-order valence-corrected chi connectivity index (χ0v) is 13.3. The van der Waals surface area contributed by atoms with Crippen LogP contribution < -0.4 is 0 Å². The lowest BCUT2D eigenvalue weighted by Crippen LogP contribution is -2.53. The third-order valence-electron chi connectivity index (χ3n) is 4.67. The van der Waals surface area contributed by atoms with Crippen molar-refractivity contribution >= 4 is 5.91 Å². The van der Waals surface area contributed by atoms with Crippen LogP contribution in [0.15, 0.2) is 18.5 Å². The quantitative estimate of drug-likeness (QED) is 0.824. The molecule has 0 unspecified atom stereocenters. The van der Waals surface area contributed by atoms with E-state index in [1.807, 2.05) is 0 Å². The molecule has 5 nitrogen and oxygen atoms in total. The third-order valence-corrected chi connectivity index (χ3v) is 4.67. The van der Waals surface area contributed by atoms with Crippen LogP contribution in [0.3, 0.4) is 0 Å². The Morgan fingerprint density at radius 3 is 2.46 bits per heavy atom. The van der Waals surface area contributed by atoms with Crippen LogP contribution in [0.25, 0.3) is 0 Å². The lowest BCUT2D eigenvalue weighted by atomic mass is 10.1. The number of nitrogens with zero attached hydrogens (tertiary/aromatic N) is 3. The van der Waals surface area contributed by atoms with Crippen LogP contribution >= 0.6 is 0 Å². The van der Waals surface area contributed by atoms with Crippen molar-refractivity contribution in [1.29, 1.82) is 0 Å². The summed E-state index contributed by atoms with van der Waals surface area (Å²) in [5.41, 5.74) is -1.29. The molecule has 8 heteroatoms. The highest BCUT2D eigenvalue weighted by atomic mass is 19.4. The van der Waals surface area contributed by atoms with Crippen molar-refractivity contribution < 1.29 is 22.7 Å². The molecule has 2 aliphatic heterocycles. The molecule has 0 aliphatic carbocycles. The van der Waals surface area contributed by atoms with Crippen LogP contribution in [0.5, 0.6) is 0 Å². The molecule has 2 saturated heterocycles. The van der Waals surface area contributed by atoms with Gasteiger partial charge in [-0.25, -0.2) is 0 Å². The molecular weight excluding hydrogens is 323 g/mol. The van der Waals surface area contributed by atoms with E-state index in [1.165, 1.54) is 4.90 Å². The van der Waals surface area contributed by atoms with Crippen LogP contribution in [0.4, 0.5) is 13.2 Å². The van der Waals surface area contributed by atoms with E-state index in [4.69, 9.17) is 4.74 Å². The van der Waals surface area contributed by atoms with E-state index in [1.54, 1.807) is 0 Å². The number of alkyl halides is 3. The molecule has 24 heavy (non-hydrogen) atoms. The molecule has 0 bridgehead atoms. The standard InChI is InChI=1S/C16H20F3N3O2/c17-16(18,19)14-1-4-20-11-13(14)15(23)22-7-5-21(6-8-22)12-2-9-24-10-3-12/h1,4,11-12H,2-3,5-10H2. The zero-order chi connectivity index (χ0) is 17.2. The predicted molar refractivity (Wildman–Crippen MR) is 80.6 cm³/mol. The van der Waals surface area contributed by atoms with Crippen molar-refractivity contribution in [2.75, 3.05) is 39.4 Å². The maximum atomic E-state index is 13.1. The third kappa shape index (κ3) is 3.70. The second-order valence-corrected chi connectivity index (χ2v) is 6.09. The van der Waals surface area contributed by atoms with Crippen molar-refractivity contribution in [3.8, 4) is 0 Å². The molecule has 0 spiro atoms. The predicted octanol–water partition coefficient (Wildman–Crippen LogP) is 2.04. The first kappa shape index (κ1) is 17.2. The summed E-state index contributed by atoms with van der Waals surface area (Å²) in [5.74, 6) is -0.595. The smallest absolute Gasteiger partial charge is 0.381 e. The summed E-state index contributed by atoms with van der Waals surface area (Å²) >= 11 is 0. The van der Waals surface area contributed by atoms with Crippen molar-refractivity contribution in [3.05, 3.63) is 29.6 Å². The summed E-state index contributed by atoms with van der Waals surface area (Å²) in [6, 6.07) is 1.30. The summed E-state index contributed by atoms with van der Waals surface area (Å²) in [6.45, 7) is 3.71. The minimum absolute atomic E-state index is 0.371. The number of rotatable bonds is 2. The van der Waals surface area contributed by atoms with E-state index in [0.29, 0.717) is 32.2 Å². The van der Waals surface area contributed by atoms with Gasteiger partial charge in [0.15, 0.2) is 0 Å². The highest BCUT2D eigenvalue weighted by molar-refractivity contribution is 5.95. The maximum Gasteiger partial charge on any atom is 0.417 e. The van der Waals surface area contributed by atoms with Gasteiger partial charge in [0, 0.05) is 57.8 Å². The number of pyridine rings is 1. The largest absolute Gasteiger partial charge is 0.417 e. The normalized spacial score (nSPS) is 21.0. The van der Waals surface area contributed by atoms with E-state index in [0.717, 1.165) is 44.5 Å². The van der Waals surface area contributed by atoms with Crippen molar-refractivity contribution in [3.63, 3.8) is 0 Å². The molecule has 3 rings (SSSR count). The van der Waals surface area contributed by atoms with Gasteiger partial charge in [-0.15, -0.1) is 0 Å². The summed E-state index contributed by atoms with van der Waals surface area (Å²) in [4.78, 5) is 20.0. The average molecular weight is 343 g/mol. The number of carbonyl (C=O) groups excluding carboxylic acids is 1. The molecular formula is C16H20F3N3O2. The van der Waals surface area contributed by atoms with Crippen LogP contribution in [0, 0.1) is 0 Å². The van der Waals surface area contributed by atoms with Gasteiger partial charge in [0.1, 0.15) is 0 Å². The summed E-state index contributed by atoms with van der Waals surface area (Å²) in [5, 5.41) is 0. The van der Waals surface area contributed by atoms with Crippen LogP contribution in [-0.2, 0) is 10.9 Å². The van der Waals surface area contributed by atoms with Gasteiger partial charge in [-0.05, 0) is 18.9 Å². The van der Waals surface area contributed by atoms with Crippen LogP contribution in [0.1, 0.15) is 28.8 Å². The highest BCUT2D eigenvalue weighted by Crippen LogP contribution is 2.32. The van der Waals surface area contributed by atoms with Gasteiger partial charge in [0.25, 0.3) is 5.91 Å². The van der Waals surface area contributed by atoms with Gasteiger partial charge in [0.2, 0.25) is 0 Å². The monoisotopic (exact) mass is 343 g/mol.